The lowest BCUT2D eigenvalue weighted by molar-refractivity contribution is 1.15. The summed E-state index contributed by atoms with van der Waals surface area (Å²) >= 11 is 0. The Morgan fingerprint density at radius 1 is 0.300 bits per heavy atom. The van der Waals surface area contributed by atoms with Crippen LogP contribution >= 0.6 is 0 Å². The highest BCUT2D eigenvalue weighted by molar-refractivity contribution is 6.10. The molecule has 0 aliphatic heterocycles. The molecule has 0 saturated carbocycles. The van der Waals surface area contributed by atoms with Crippen LogP contribution in [0.2, 0.25) is 0 Å². The zero-order valence-electron chi connectivity index (χ0n) is 33.0. The minimum Gasteiger partial charge on any atom is -0.308 e. The van der Waals surface area contributed by atoms with Crippen LogP contribution in [0.1, 0.15) is 0 Å². The minimum absolute atomic E-state index is 1.07. The summed E-state index contributed by atoms with van der Waals surface area (Å²) in [4.78, 5) is 2.46. The molecule has 0 unspecified atom stereocenters. The number of fused-ring (bicyclic) bond motifs is 4. The fourth-order valence-electron chi connectivity index (χ4n) is 9.05. The molecule has 10 aromatic carbocycles. The van der Waals surface area contributed by atoms with Gasteiger partial charge in [0, 0.05) is 22.0 Å². The molecule has 282 valence electrons. The number of benzene rings is 10. The Morgan fingerprint density at radius 2 is 0.783 bits per heavy atom. The Labute approximate surface area is 350 Å². The summed E-state index contributed by atoms with van der Waals surface area (Å²) in [6.45, 7) is 0. The SMILES string of the molecule is c1ccc(-c2ccc(N(c3ccc(-c4cccc5cccc(-c6ccccc6)c45)cc3)c3ccccc3-n3c4ccccc4c4ccccc43)c(-c3ccccc3)c2)cc1. The van der Waals surface area contributed by atoms with Gasteiger partial charge in [-0.3, -0.25) is 0 Å². The molecule has 0 aliphatic rings. The van der Waals surface area contributed by atoms with Gasteiger partial charge in [0.1, 0.15) is 0 Å². The van der Waals surface area contributed by atoms with Crippen molar-refractivity contribution in [3.8, 4) is 50.2 Å². The summed E-state index contributed by atoms with van der Waals surface area (Å²) in [5, 5.41) is 4.96. The van der Waals surface area contributed by atoms with Gasteiger partial charge in [-0.15, -0.1) is 0 Å². The van der Waals surface area contributed by atoms with E-state index in [1.807, 2.05) is 0 Å². The summed E-state index contributed by atoms with van der Waals surface area (Å²) < 4.78 is 2.43. The molecular formula is C58H40N2. The van der Waals surface area contributed by atoms with E-state index in [0.717, 1.165) is 33.9 Å². The van der Waals surface area contributed by atoms with Gasteiger partial charge >= 0.3 is 0 Å². The van der Waals surface area contributed by atoms with Crippen LogP contribution in [0.3, 0.4) is 0 Å². The molecule has 0 saturated heterocycles. The summed E-state index contributed by atoms with van der Waals surface area (Å²) in [6, 6.07) is 87.9. The first kappa shape index (κ1) is 35.2. The van der Waals surface area contributed by atoms with Crippen molar-refractivity contribution in [2.75, 3.05) is 4.90 Å². The van der Waals surface area contributed by atoms with Gasteiger partial charge < -0.3 is 9.47 Å². The van der Waals surface area contributed by atoms with Crippen molar-refractivity contribution in [3.63, 3.8) is 0 Å². The van der Waals surface area contributed by atoms with Crippen LogP contribution in [0.5, 0.6) is 0 Å². The van der Waals surface area contributed by atoms with Crippen molar-refractivity contribution in [2.24, 2.45) is 0 Å². The summed E-state index contributed by atoms with van der Waals surface area (Å²) in [7, 11) is 0. The average Bonchev–Trinajstić information content (AvgIpc) is 3.67. The van der Waals surface area contributed by atoms with Crippen molar-refractivity contribution >= 4 is 49.6 Å². The molecule has 2 nitrogen and oxygen atoms in total. The molecular weight excluding hydrogens is 725 g/mol. The topological polar surface area (TPSA) is 8.17 Å². The van der Waals surface area contributed by atoms with Crippen LogP contribution in [-0.4, -0.2) is 4.57 Å². The first-order valence-electron chi connectivity index (χ1n) is 20.6. The van der Waals surface area contributed by atoms with Crippen LogP contribution in [0, 0.1) is 0 Å². The highest BCUT2D eigenvalue weighted by Gasteiger charge is 2.23. The Morgan fingerprint density at radius 3 is 1.40 bits per heavy atom. The van der Waals surface area contributed by atoms with Gasteiger partial charge in [0.25, 0.3) is 0 Å². The second-order valence-electron chi connectivity index (χ2n) is 15.3. The number of rotatable bonds is 8. The molecule has 0 amide bonds. The lowest BCUT2D eigenvalue weighted by Crippen LogP contribution is -2.14. The van der Waals surface area contributed by atoms with Crippen LogP contribution in [-0.2, 0) is 0 Å². The summed E-state index contributed by atoms with van der Waals surface area (Å²) in [5.41, 5.74) is 16.2. The Hall–Kier alpha value is -7.94. The maximum absolute atomic E-state index is 2.46. The molecule has 2 heteroatoms. The monoisotopic (exact) mass is 764 g/mol. The van der Waals surface area contributed by atoms with Gasteiger partial charge in [-0.05, 0) is 98.2 Å². The molecule has 11 rings (SSSR count). The number of nitrogens with zero attached hydrogens (tertiary/aromatic N) is 2. The van der Waals surface area contributed by atoms with Gasteiger partial charge in [-0.1, -0.05) is 194 Å². The van der Waals surface area contributed by atoms with Crippen molar-refractivity contribution in [1.82, 2.24) is 4.57 Å². The molecule has 0 aliphatic carbocycles. The summed E-state index contributed by atoms with van der Waals surface area (Å²) in [5.74, 6) is 0. The zero-order chi connectivity index (χ0) is 39.8. The molecule has 0 radical (unpaired) electrons. The Bertz CT molecular complexity index is 3230. The van der Waals surface area contributed by atoms with Crippen molar-refractivity contribution in [2.45, 2.75) is 0 Å². The van der Waals surface area contributed by atoms with E-state index in [2.05, 4.69) is 252 Å². The largest absolute Gasteiger partial charge is 0.308 e. The molecule has 0 spiro atoms. The quantitative estimate of drug-likeness (QED) is 0.150. The van der Waals surface area contributed by atoms with Gasteiger partial charge in [-0.25, -0.2) is 0 Å². The van der Waals surface area contributed by atoms with Crippen molar-refractivity contribution in [3.05, 3.63) is 243 Å². The molecule has 0 atom stereocenters. The number of hydrogen-bond donors (Lipinski definition) is 0. The average molecular weight is 765 g/mol. The first-order valence-corrected chi connectivity index (χ1v) is 20.6. The van der Waals surface area contributed by atoms with Gasteiger partial charge in [0.15, 0.2) is 0 Å². The van der Waals surface area contributed by atoms with Crippen LogP contribution in [0.25, 0.3) is 82.8 Å². The fourth-order valence-corrected chi connectivity index (χ4v) is 9.05. The van der Waals surface area contributed by atoms with E-state index in [0.29, 0.717) is 0 Å². The third kappa shape index (κ3) is 6.14. The van der Waals surface area contributed by atoms with E-state index >= 15 is 0 Å². The maximum Gasteiger partial charge on any atom is 0.0702 e. The number of aromatic nitrogens is 1. The Balaban J connectivity index is 1.15. The minimum atomic E-state index is 1.07. The van der Waals surface area contributed by atoms with Crippen LogP contribution < -0.4 is 4.90 Å². The second kappa shape index (κ2) is 15.1. The van der Waals surface area contributed by atoms with Crippen LogP contribution in [0.4, 0.5) is 17.1 Å². The third-order valence-corrected chi connectivity index (χ3v) is 11.8. The highest BCUT2D eigenvalue weighted by atomic mass is 15.2. The molecule has 1 aromatic heterocycles. The van der Waals surface area contributed by atoms with Gasteiger partial charge in [0.2, 0.25) is 0 Å². The lowest BCUT2D eigenvalue weighted by Gasteiger charge is -2.31. The van der Waals surface area contributed by atoms with E-state index in [1.165, 1.54) is 66.0 Å². The highest BCUT2D eigenvalue weighted by Crippen LogP contribution is 2.47. The van der Waals surface area contributed by atoms with Crippen LogP contribution in [0.15, 0.2) is 243 Å². The summed E-state index contributed by atoms with van der Waals surface area (Å²) in [6.07, 6.45) is 0. The lowest BCUT2D eigenvalue weighted by atomic mass is 9.91. The molecule has 60 heavy (non-hydrogen) atoms. The Kier molecular flexibility index (Phi) is 8.87. The molecule has 1 heterocycles. The van der Waals surface area contributed by atoms with E-state index in [4.69, 9.17) is 0 Å². The van der Waals surface area contributed by atoms with E-state index in [9.17, 15) is 0 Å². The predicted molar refractivity (Wildman–Crippen MR) is 255 cm³/mol. The van der Waals surface area contributed by atoms with E-state index < -0.39 is 0 Å². The smallest absolute Gasteiger partial charge is 0.0702 e. The molecule has 0 bridgehead atoms. The van der Waals surface area contributed by atoms with E-state index in [1.54, 1.807) is 0 Å². The van der Waals surface area contributed by atoms with Gasteiger partial charge in [-0.2, -0.15) is 0 Å². The third-order valence-electron chi connectivity index (χ3n) is 11.8. The fraction of sp³-hybridized carbons (Fsp3) is 0. The normalized spacial score (nSPS) is 11.3. The zero-order valence-corrected chi connectivity index (χ0v) is 33.0. The number of hydrogen-bond acceptors (Lipinski definition) is 1. The van der Waals surface area contributed by atoms with E-state index in [-0.39, 0.29) is 0 Å². The van der Waals surface area contributed by atoms with Crippen molar-refractivity contribution in [1.29, 1.82) is 0 Å². The predicted octanol–water partition coefficient (Wildman–Crippen LogP) is 16.1. The standard InChI is InChI=1S/C58H40N2/c1-4-18-41(19-5-1)46-36-39-55(52(40-46)43-22-8-3-9-23-43)59(56-32-14-15-33-57(56)60-53-30-12-10-26-50(53)51-27-11-13-31-54(51)60)47-37-34-44(35-38-47)49-29-17-25-45-24-16-28-48(58(45)49)42-20-6-2-7-21-42/h1-40H. The number of para-hydroxylation sites is 4. The maximum atomic E-state index is 2.46. The van der Waals surface area contributed by atoms with Gasteiger partial charge in [0.05, 0.1) is 28.1 Å². The number of anilines is 3. The molecule has 11 aromatic rings. The van der Waals surface area contributed by atoms with Crippen molar-refractivity contribution < 1.29 is 0 Å². The second-order valence-corrected chi connectivity index (χ2v) is 15.3. The molecule has 0 fully saturated rings. The first-order chi connectivity index (χ1) is 29.8. The molecule has 0 N–H and O–H groups in total.